The summed E-state index contributed by atoms with van der Waals surface area (Å²) in [6.45, 7) is 3.90. The first-order chi connectivity index (χ1) is 8.09. The first-order valence-electron chi connectivity index (χ1n) is 5.62. The van der Waals surface area contributed by atoms with E-state index in [9.17, 15) is 8.78 Å². The van der Waals surface area contributed by atoms with Crippen LogP contribution in [0.1, 0.15) is 6.92 Å². The van der Waals surface area contributed by atoms with E-state index < -0.39 is 13.0 Å². The predicted molar refractivity (Wildman–Crippen MR) is 60.3 cm³/mol. The average Bonchev–Trinajstić information content (AvgIpc) is 2.28. The highest BCUT2D eigenvalue weighted by atomic mass is 19.3. The summed E-state index contributed by atoms with van der Waals surface area (Å²) in [5.41, 5.74) is 5.77. The number of nitrogens with two attached hydrogens (primary N) is 1. The molecule has 1 rings (SSSR count). The van der Waals surface area contributed by atoms with E-state index in [2.05, 4.69) is 4.99 Å². The third kappa shape index (κ3) is 5.78. The summed E-state index contributed by atoms with van der Waals surface area (Å²) in [7, 11) is 0. The third-order valence-electron chi connectivity index (χ3n) is 2.32. The van der Waals surface area contributed by atoms with Crippen molar-refractivity contribution in [1.29, 1.82) is 0 Å². The van der Waals surface area contributed by atoms with Crippen LogP contribution in [0.25, 0.3) is 0 Å². The van der Waals surface area contributed by atoms with E-state index in [4.69, 9.17) is 15.2 Å². The van der Waals surface area contributed by atoms with Crippen LogP contribution in [0.4, 0.5) is 8.78 Å². The van der Waals surface area contributed by atoms with Crippen molar-refractivity contribution in [3.8, 4) is 0 Å². The van der Waals surface area contributed by atoms with Crippen LogP contribution in [0, 0.1) is 0 Å². The van der Waals surface area contributed by atoms with Gasteiger partial charge in [-0.1, -0.05) is 0 Å². The molecule has 1 fully saturated rings. The Morgan fingerprint density at radius 1 is 1.65 bits per heavy atom. The molecule has 100 valence electrons. The van der Waals surface area contributed by atoms with E-state index in [0.29, 0.717) is 32.2 Å². The Balaban J connectivity index is 2.19. The van der Waals surface area contributed by atoms with Crippen LogP contribution in [0.5, 0.6) is 0 Å². The Hall–Kier alpha value is -0.950. The van der Waals surface area contributed by atoms with Gasteiger partial charge in [0.2, 0.25) is 0 Å². The molecular weight excluding hydrogens is 232 g/mol. The number of ether oxygens (including phenoxy) is 2. The van der Waals surface area contributed by atoms with Gasteiger partial charge in [-0.3, -0.25) is 4.99 Å². The Kier molecular flexibility index (Phi) is 6.13. The predicted octanol–water partition coefficient (Wildman–Crippen LogP) is 0.303. The summed E-state index contributed by atoms with van der Waals surface area (Å²) >= 11 is 0. The second kappa shape index (κ2) is 7.39. The highest BCUT2D eigenvalue weighted by molar-refractivity contribution is 5.78. The molecule has 0 aliphatic carbocycles. The van der Waals surface area contributed by atoms with Crippen molar-refractivity contribution in [3.63, 3.8) is 0 Å². The molecule has 1 aliphatic heterocycles. The molecule has 0 aromatic rings. The Bertz CT molecular complexity index is 252. The van der Waals surface area contributed by atoms with Crippen molar-refractivity contribution in [2.45, 2.75) is 19.5 Å². The molecule has 7 heteroatoms. The van der Waals surface area contributed by atoms with Gasteiger partial charge in [0.05, 0.1) is 25.9 Å². The molecule has 2 N–H and O–H groups in total. The summed E-state index contributed by atoms with van der Waals surface area (Å²) < 4.78 is 33.6. The summed E-state index contributed by atoms with van der Waals surface area (Å²) in [5.74, 6) is 0.417. The number of morpholine rings is 1. The van der Waals surface area contributed by atoms with Gasteiger partial charge < -0.3 is 20.1 Å². The van der Waals surface area contributed by atoms with Gasteiger partial charge in [0.25, 0.3) is 6.43 Å². The van der Waals surface area contributed by atoms with Crippen molar-refractivity contribution < 1.29 is 18.3 Å². The van der Waals surface area contributed by atoms with E-state index in [-0.39, 0.29) is 12.7 Å². The fourth-order valence-electron chi connectivity index (χ4n) is 1.52. The van der Waals surface area contributed by atoms with Gasteiger partial charge in [-0.05, 0) is 6.92 Å². The second-order valence-electron chi connectivity index (χ2n) is 3.83. The molecule has 0 spiro atoms. The Morgan fingerprint density at radius 2 is 2.41 bits per heavy atom. The number of alkyl halides is 2. The molecule has 5 nitrogen and oxygen atoms in total. The van der Waals surface area contributed by atoms with Gasteiger partial charge in [0.1, 0.15) is 6.61 Å². The number of aliphatic imine (C=N–C) groups is 1. The lowest BCUT2D eigenvalue weighted by Crippen LogP contribution is -2.48. The first kappa shape index (κ1) is 14.1. The molecule has 0 bridgehead atoms. The summed E-state index contributed by atoms with van der Waals surface area (Å²) in [4.78, 5) is 5.99. The van der Waals surface area contributed by atoms with Crippen LogP contribution >= 0.6 is 0 Å². The zero-order valence-corrected chi connectivity index (χ0v) is 9.94. The van der Waals surface area contributed by atoms with E-state index >= 15 is 0 Å². The Morgan fingerprint density at radius 3 is 3.06 bits per heavy atom. The molecule has 17 heavy (non-hydrogen) atoms. The largest absolute Gasteiger partial charge is 0.375 e. The monoisotopic (exact) mass is 251 g/mol. The molecule has 0 aromatic heterocycles. The smallest absolute Gasteiger partial charge is 0.261 e. The van der Waals surface area contributed by atoms with Crippen LogP contribution < -0.4 is 5.73 Å². The highest BCUT2D eigenvalue weighted by Gasteiger charge is 2.17. The summed E-state index contributed by atoms with van der Waals surface area (Å²) in [5, 5.41) is 0. The minimum absolute atomic E-state index is 0.132. The minimum atomic E-state index is -2.43. The zero-order chi connectivity index (χ0) is 12.7. The molecule has 1 unspecified atom stereocenters. The van der Waals surface area contributed by atoms with Gasteiger partial charge in [0, 0.05) is 13.1 Å². The highest BCUT2D eigenvalue weighted by Crippen LogP contribution is 2.03. The molecule has 0 aromatic carbocycles. The maximum Gasteiger partial charge on any atom is 0.261 e. The van der Waals surface area contributed by atoms with Crippen LogP contribution in [-0.2, 0) is 9.47 Å². The van der Waals surface area contributed by atoms with Crippen molar-refractivity contribution in [3.05, 3.63) is 0 Å². The number of hydrogen-bond donors (Lipinski definition) is 1. The third-order valence-corrected chi connectivity index (χ3v) is 2.32. The fourth-order valence-corrected chi connectivity index (χ4v) is 1.52. The van der Waals surface area contributed by atoms with Crippen LogP contribution in [0.2, 0.25) is 0 Å². The van der Waals surface area contributed by atoms with Crippen LogP contribution in [0.3, 0.4) is 0 Å². The minimum Gasteiger partial charge on any atom is -0.375 e. The summed E-state index contributed by atoms with van der Waals surface area (Å²) in [6, 6.07) is 0. The molecule has 0 radical (unpaired) electrons. The Labute approximate surface area is 99.6 Å². The molecule has 1 heterocycles. The van der Waals surface area contributed by atoms with E-state index in [0.717, 1.165) is 0 Å². The van der Waals surface area contributed by atoms with E-state index in [1.54, 1.807) is 0 Å². The van der Waals surface area contributed by atoms with Gasteiger partial charge >= 0.3 is 0 Å². The lowest BCUT2D eigenvalue weighted by atomic mass is 10.3. The number of halogens is 2. The molecule has 1 aliphatic rings. The lowest BCUT2D eigenvalue weighted by Gasteiger charge is -2.31. The maximum absolute atomic E-state index is 11.7. The van der Waals surface area contributed by atoms with Crippen molar-refractivity contribution >= 4 is 5.96 Å². The number of hydrogen-bond acceptors (Lipinski definition) is 3. The lowest BCUT2D eigenvalue weighted by molar-refractivity contribution is 0.00496. The van der Waals surface area contributed by atoms with Gasteiger partial charge in [0.15, 0.2) is 5.96 Å². The number of nitrogens with zero attached hydrogens (tertiary/aromatic N) is 2. The topological polar surface area (TPSA) is 60.1 Å². The van der Waals surface area contributed by atoms with Crippen molar-refractivity contribution in [1.82, 2.24) is 4.90 Å². The first-order valence-corrected chi connectivity index (χ1v) is 5.62. The van der Waals surface area contributed by atoms with E-state index in [1.165, 1.54) is 0 Å². The molecule has 1 atom stereocenters. The van der Waals surface area contributed by atoms with Crippen LogP contribution in [0.15, 0.2) is 4.99 Å². The van der Waals surface area contributed by atoms with Gasteiger partial charge in [-0.15, -0.1) is 0 Å². The molecule has 1 saturated heterocycles. The van der Waals surface area contributed by atoms with Crippen molar-refractivity contribution in [2.75, 3.05) is 39.5 Å². The molecule has 0 amide bonds. The zero-order valence-electron chi connectivity index (χ0n) is 9.94. The van der Waals surface area contributed by atoms with Crippen molar-refractivity contribution in [2.24, 2.45) is 10.7 Å². The van der Waals surface area contributed by atoms with Gasteiger partial charge in [-0.2, -0.15) is 0 Å². The standard InChI is InChI=1S/C10H19F2N3O2/c1-8-6-15(3-5-17-8)10(13)14-2-4-16-7-9(11)12/h8-9H,2-7H2,1H3,(H2,13,14). The summed E-state index contributed by atoms with van der Waals surface area (Å²) in [6.07, 6.45) is -2.30. The SMILES string of the molecule is CC1CN(C(N)=NCCOCC(F)F)CCO1. The quantitative estimate of drug-likeness (QED) is 0.434. The van der Waals surface area contributed by atoms with Crippen LogP contribution in [-0.4, -0.2) is 62.8 Å². The number of guanidine groups is 1. The van der Waals surface area contributed by atoms with Gasteiger partial charge in [-0.25, -0.2) is 8.78 Å². The normalized spacial score (nSPS) is 22.2. The average molecular weight is 251 g/mol. The fraction of sp³-hybridized carbons (Fsp3) is 0.900. The maximum atomic E-state index is 11.7. The van der Waals surface area contributed by atoms with E-state index in [1.807, 2.05) is 11.8 Å². The number of rotatable bonds is 5. The molecule has 0 saturated carbocycles. The molecular formula is C10H19F2N3O2. The second-order valence-corrected chi connectivity index (χ2v) is 3.83.